The fourth-order valence-corrected chi connectivity index (χ4v) is 2.78. The summed E-state index contributed by atoms with van der Waals surface area (Å²) >= 11 is 0.878. The van der Waals surface area contributed by atoms with Crippen molar-refractivity contribution in [3.63, 3.8) is 0 Å². The normalized spacial score (nSPS) is 12.9. The van der Waals surface area contributed by atoms with Crippen molar-refractivity contribution >= 4 is 48.8 Å². The van der Waals surface area contributed by atoms with Crippen LogP contribution in [0.3, 0.4) is 0 Å². The van der Waals surface area contributed by atoms with E-state index in [4.69, 9.17) is 14.7 Å². The first-order valence-corrected chi connectivity index (χ1v) is 8.99. The van der Waals surface area contributed by atoms with Gasteiger partial charge in [0.2, 0.25) is 0 Å². The molecule has 0 atom stereocenters. The van der Waals surface area contributed by atoms with Gasteiger partial charge in [-0.25, -0.2) is 0 Å². The lowest BCUT2D eigenvalue weighted by atomic mass is 10.1. The fourth-order valence-electron chi connectivity index (χ4n) is 2.09. The molecule has 30 heavy (non-hydrogen) atoms. The van der Waals surface area contributed by atoms with Gasteiger partial charge in [0.15, 0.2) is 0 Å². The number of carbonyl (C=O) groups is 5. The van der Waals surface area contributed by atoms with Crippen LogP contribution in [0.15, 0.2) is 41.3 Å². The molecule has 0 unspecified atom stereocenters. The number of carbonyl (C=O) groups excluding carboxylic acids is 5. The van der Waals surface area contributed by atoms with Crippen molar-refractivity contribution in [2.24, 2.45) is 0 Å². The van der Waals surface area contributed by atoms with Gasteiger partial charge in [-0.3, -0.25) is 19.7 Å². The number of phenols is 2. The van der Waals surface area contributed by atoms with Crippen LogP contribution >= 0.6 is 11.8 Å². The molecule has 1 aliphatic heterocycles. The van der Waals surface area contributed by atoms with E-state index in [1.54, 1.807) is 50.3 Å². The Kier molecular flexibility index (Phi) is 11.8. The number of imide groups is 1. The molecule has 0 radical (unpaired) electrons. The van der Waals surface area contributed by atoms with Crippen molar-refractivity contribution in [2.75, 3.05) is 0 Å². The van der Waals surface area contributed by atoms with E-state index < -0.39 is 0 Å². The number of thioether (sulfide) groups is 1. The molecule has 1 fully saturated rings. The Morgan fingerprint density at radius 3 is 1.73 bits per heavy atom. The molecule has 9 heteroatoms. The predicted octanol–water partition coefficient (Wildman–Crippen LogP) is 3.17. The predicted molar refractivity (Wildman–Crippen MR) is 114 cm³/mol. The molecule has 3 N–H and O–H groups in total. The minimum Gasteiger partial charge on any atom is -0.508 e. The molecule has 158 valence electrons. The number of aromatic hydroxyl groups is 2. The fraction of sp³-hybridized carbons (Fsp3) is 0.0952. The van der Waals surface area contributed by atoms with Gasteiger partial charge >= 0.3 is 0 Å². The number of benzene rings is 2. The Hall–Kier alpha value is -3.72. The number of amides is 2. The van der Waals surface area contributed by atoms with Gasteiger partial charge in [0.05, 0.1) is 4.91 Å². The maximum Gasteiger partial charge on any atom is 0.290 e. The molecular formula is C21H21NO7S. The first-order chi connectivity index (χ1) is 14.3. The second-order valence-electron chi connectivity index (χ2n) is 5.56. The van der Waals surface area contributed by atoms with Crippen molar-refractivity contribution in [3.05, 3.63) is 63.6 Å². The molecule has 0 bridgehead atoms. The van der Waals surface area contributed by atoms with Crippen molar-refractivity contribution in [2.45, 2.75) is 13.8 Å². The van der Waals surface area contributed by atoms with Gasteiger partial charge in [-0.1, -0.05) is 6.07 Å². The molecule has 3 rings (SSSR count). The number of aryl methyl sites for hydroxylation is 2. The van der Waals surface area contributed by atoms with Crippen LogP contribution in [0, 0.1) is 13.8 Å². The monoisotopic (exact) mass is 431 g/mol. The minimum absolute atomic E-state index is 0.210. The molecule has 0 saturated carbocycles. The third kappa shape index (κ3) is 8.11. The van der Waals surface area contributed by atoms with Gasteiger partial charge in [-0.2, -0.15) is 0 Å². The lowest BCUT2D eigenvalue weighted by Gasteiger charge is -2.00. The van der Waals surface area contributed by atoms with Crippen LogP contribution in [0.1, 0.15) is 27.0 Å². The van der Waals surface area contributed by atoms with Crippen molar-refractivity contribution in [1.82, 2.24) is 5.32 Å². The number of aldehydes is 1. The van der Waals surface area contributed by atoms with E-state index in [0.29, 0.717) is 10.5 Å². The van der Waals surface area contributed by atoms with E-state index in [1.807, 2.05) is 13.6 Å². The van der Waals surface area contributed by atoms with E-state index in [1.165, 1.54) is 6.07 Å². The van der Waals surface area contributed by atoms with Gasteiger partial charge in [0.25, 0.3) is 11.1 Å². The molecule has 2 aromatic rings. The van der Waals surface area contributed by atoms with E-state index >= 15 is 0 Å². The lowest BCUT2D eigenvalue weighted by Crippen LogP contribution is -2.17. The molecule has 0 aliphatic carbocycles. The van der Waals surface area contributed by atoms with Crippen molar-refractivity contribution in [1.29, 1.82) is 0 Å². The number of rotatable bonds is 2. The largest absolute Gasteiger partial charge is 0.508 e. The zero-order valence-corrected chi connectivity index (χ0v) is 17.2. The molecule has 0 spiro atoms. The van der Waals surface area contributed by atoms with Crippen molar-refractivity contribution < 1.29 is 34.2 Å². The SMILES string of the molecule is C=O.C=O.Cc1cc(/C=C2\SC(=O)NC2=O)ccc1O.Cc1cc(C=O)ccc1O. The van der Waals surface area contributed by atoms with Gasteiger partial charge < -0.3 is 19.8 Å². The Labute approximate surface area is 177 Å². The Morgan fingerprint density at radius 2 is 1.33 bits per heavy atom. The molecular weight excluding hydrogens is 410 g/mol. The highest BCUT2D eigenvalue weighted by Gasteiger charge is 2.24. The first-order valence-electron chi connectivity index (χ1n) is 8.17. The summed E-state index contributed by atoms with van der Waals surface area (Å²) in [7, 11) is 0. The molecule has 1 saturated heterocycles. The Balaban J connectivity index is 0.000000518. The van der Waals surface area contributed by atoms with E-state index in [-0.39, 0.29) is 22.6 Å². The number of hydrogen-bond acceptors (Lipinski definition) is 8. The van der Waals surface area contributed by atoms with Crippen LogP contribution in [0.2, 0.25) is 0 Å². The van der Waals surface area contributed by atoms with E-state index in [9.17, 15) is 19.5 Å². The summed E-state index contributed by atoms with van der Waals surface area (Å²) in [4.78, 5) is 48.8. The zero-order valence-electron chi connectivity index (χ0n) is 16.4. The van der Waals surface area contributed by atoms with Gasteiger partial charge in [-0.05, 0) is 78.7 Å². The quantitative estimate of drug-likeness (QED) is 0.487. The van der Waals surface area contributed by atoms with Crippen LogP contribution in [0.4, 0.5) is 4.79 Å². The van der Waals surface area contributed by atoms with Crippen LogP contribution in [0.25, 0.3) is 6.08 Å². The van der Waals surface area contributed by atoms with Crippen LogP contribution in [-0.2, 0) is 14.4 Å². The summed E-state index contributed by atoms with van der Waals surface area (Å²) in [6.07, 6.45) is 2.38. The summed E-state index contributed by atoms with van der Waals surface area (Å²) in [5.74, 6) is 0.0630. The Morgan fingerprint density at radius 1 is 0.867 bits per heavy atom. The highest BCUT2D eigenvalue weighted by Crippen LogP contribution is 2.27. The highest BCUT2D eigenvalue weighted by atomic mass is 32.2. The zero-order chi connectivity index (χ0) is 23.3. The summed E-state index contributed by atoms with van der Waals surface area (Å²) in [6, 6.07) is 9.72. The molecule has 1 aliphatic rings. The van der Waals surface area contributed by atoms with Gasteiger partial charge in [-0.15, -0.1) is 0 Å². The van der Waals surface area contributed by atoms with E-state index in [2.05, 4.69) is 5.32 Å². The number of nitrogens with one attached hydrogen (secondary N) is 1. The van der Waals surface area contributed by atoms with Crippen LogP contribution < -0.4 is 5.32 Å². The highest BCUT2D eigenvalue weighted by molar-refractivity contribution is 8.18. The van der Waals surface area contributed by atoms with Gasteiger partial charge in [0, 0.05) is 5.56 Å². The summed E-state index contributed by atoms with van der Waals surface area (Å²) in [5.41, 5.74) is 2.83. The summed E-state index contributed by atoms with van der Waals surface area (Å²) in [5, 5.41) is 20.2. The van der Waals surface area contributed by atoms with Crippen molar-refractivity contribution in [3.8, 4) is 11.5 Å². The average Bonchev–Trinajstić information content (AvgIpc) is 3.07. The molecule has 1 heterocycles. The third-order valence-electron chi connectivity index (χ3n) is 3.52. The minimum atomic E-state index is -0.374. The smallest absolute Gasteiger partial charge is 0.290 e. The van der Waals surface area contributed by atoms with Crippen LogP contribution in [0.5, 0.6) is 11.5 Å². The maximum atomic E-state index is 11.3. The third-order valence-corrected chi connectivity index (χ3v) is 4.33. The molecule has 8 nitrogen and oxygen atoms in total. The molecule has 2 aromatic carbocycles. The second-order valence-corrected chi connectivity index (χ2v) is 6.58. The standard InChI is InChI=1S/C11H9NO3S.C8H8O2.2CH2O/c1-6-4-7(2-3-8(6)13)5-9-10(14)12-11(15)16-9;1-6-4-7(5-9)2-3-8(6)10;2*1-2/h2-5,13H,1H3,(H,12,14,15);2-5,10H,1H3;2*1H2/b9-5-;;;. The number of phenolic OH excluding ortho intramolecular Hbond substituents is 2. The maximum absolute atomic E-state index is 11.3. The molecule has 0 aromatic heterocycles. The first kappa shape index (κ1) is 26.3. The number of hydrogen-bond donors (Lipinski definition) is 3. The van der Waals surface area contributed by atoms with E-state index in [0.717, 1.165) is 34.7 Å². The van der Waals surface area contributed by atoms with Crippen LogP contribution in [-0.4, -0.2) is 41.2 Å². The topological polar surface area (TPSA) is 138 Å². The molecule has 2 amide bonds. The second kappa shape index (κ2) is 13.5. The average molecular weight is 431 g/mol. The lowest BCUT2D eigenvalue weighted by molar-refractivity contribution is -0.115. The summed E-state index contributed by atoms with van der Waals surface area (Å²) < 4.78 is 0. The summed E-state index contributed by atoms with van der Waals surface area (Å²) in [6.45, 7) is 7.52. The van der Waals surface area contributed by atoms with Gasteiger partial charge in [0.1, 0.15) is 31.4 Å². The Bertz CT molecular complexity index is 939.